The minimum absolute atomic E-state index is 0.0945. The van der Waals surface area contributed by atoms with Gasteiger partial charge < -0.3 is 9.47 Å². The van der Waals surface area contributed by atoms with Gasteiger partial charge in [-0.15, -0.1) is 0 Å². The van der Waals surface area contributed by atoms with E-state index in [1.807, 2.05) is 24.3 Å². The normalized spacial score (nSPS) is 12.3. The van der Waals surface area contributed by atoms with Crippen molar-refractivity contribution >= 4 is 11.8 Å². The van der Waals surface area contributed by atoms with Gasteiger partial charge in [-0.05, 0) is 54.6 Å². The summed E-state index contributed by atoms with van der Waals surface area (Å²) in [5, 5.41) is 0.411. The predicted molar refractivity (Wildman–Crippen MR) is 136 cm³/mol. The van der Waals surface area contributed by atoms with Crippen molar-refractivity contribution in [3.8, 4) is 23.0 Å². The van der Waals surface area contributed by atoms with E-state index in [9.17, 15) is 17.6 Å². The van der Waals surface area contributed by atoms with E-state index in [2.05, 4.69) is 19.9 Å². The number of thioether (sulfide) groups is 1. The number of halogens is 4. The molecule has 2 heterocycles. The van der Waals surface area contributed by atoms with Crippen molar-refractivity contribution in [2.75, 3.05) is 13.4 Å². The molecule has 0 fully saturated rings. The van der Waals surface area contributed by atoms with Crippen molar-refractivity contribution in [2.45, 2.75) is 37.7 Å². The van der Waals surface area contributed by atoms with Crippen LogP contribution in [-0.4, -0.2) is 33.3 Å². The highest BCUT2D eigenvalue weighted by Crippen LogP contribution is 2.34. The second kappa shape index (κ2) is 11.3. The Bertz CT molecular complexity index is 1430. The first kappa shape index (κ1) is 27.3. The number of nitrogens with zero attached hydrogens (tertiary/aromatic N) is 4. The number of alkyl halides is 3. The Balaban J connectivity index is 1.64. The fourth-order valence-electron chi connectivity index (χ4n) is 3.73. The van der Waals surface area contributed by atoms with Crippen LogP contribution in [0.4, 0.5) is 17.6 Å². The lowest BCUT2D eigenvalue weighted by molar-refractivity contribution is -0.137. The number of methoxy groups -OCH3 is 1. The van der Waals surface area contributed by atoms with Crippen LogP contribution in [0.3, 0.4) is 0 Å². The third-order valence-corrected chi connectivity index (χ3v) is 6.32. The van der Waals surface area contributed by atoms with E-state index in [0.717, 1.165) is 23.4 Å². The van der Waals surface area contributed by atoms with Gasteiger partial charge in [0.2, 0.25) is 5.88 Å². The maximum Gasteiger partial charge on any atom is 0.416 e. The van der Waals surface area contributed by atoms with Crippen molar-refractivity contribution in [3.63, 3.8) is 0 Å². The van der Waals surface area contributed by atoms with E-state index in [0.29, 0.717) is 40.0 Å². The number of aromatic nitrogens is 4. The molecule has 0 aliphatic rings. The van der Waals surface area contributed by atoms with Gasteiger partial charge >= 0.3 is 6.18 Å². The van der Waals surface area contributed by atoms with Crippen LogP contribution < -0.4 is 9.47 Å². The van der Waals surface area contributed by atoms with Gasteiger partial charge in [-0.1, -0.05) is 36.9 Å². The van der Waals surface area contributed by atoms with Gasteiger partial charge in [0.1, 0.15) is 24.0 Å². The van der Waals surface area contributed by atoms with Gasteiger partial charge in [-0.25, -0.2) is 19.3 Å². The largest absolute Gasteiger partial charge is 0.497 e. The molecule has 0 radical (unpaired) electrons. The van der Waals surface area contributed by atoms with Crippen molar-refractivity contribution in [1.29, 1.82) is 0 Å². The lowest BCUT2D eigenvalue weighted by Gasteiger charge is -2.16. The van der Waals surface area contributed by atoms with Gasteiger partial charge in [-0.2, -0.15) is 18.2 Å². The van der Waals surface area contributed by atoms with Crippen LogP contribution in [0.1, 0.15) is 41.1 Å². The molecule has 0 N–H and O–H groups in total. The molecular weight excluding hydrogens is 520 g/mol. The Labute approximate surface area is 221 Å². The highest BCUT2D eigenvalue weighted by molar-refractivity contribution is 7.98. The quantitative estimate of drug-likeness (QED) is 0.136. The van der Waals surface area contributed by atoms with Crippen molar-refractivity contribution in [1.82, 2.24) is 19.9 Å². The minimum Gasteiger partial charge on any atom is -0.497 e. The number of rotatable bonds is 8. The number of hydrogen-bond donors (Lipinski definition) is 0. The molecule has 6 nitrogen and oxygen atoms in total. The number of ether oxygens (including phenoxy) is 2. The molecule has 0 bridgehead atoms. The van der Waals surface area contributed by atoms with Gasteiger partial charge in [0.05, 0.1) is 29.8 Å². The molecule has 1 unspecified atom stereocenters. The SMILES string of the molecule is COc1ccc(COc2cc(-c3cc(C(C)c4ccc(C(F)(F)F)cc4F)nc(SC)n3)nc(C)n2)cc1. The molecule has 198 valence electrons. The van der Waals surface area contributed by atoms with Gasteiger partial charge in [0.25, 0.3) is 0 Å². The third-order valence-electron chi connectivity index (χ3n) is 5.77. The summed E-state index contributed by atoms with van der Waals surface area (Å²) in [4.78, 5) is 17.8. The molecule has 0 spiro atoms. The number of aryl methyl sites for hydroxylation is 1. The zero-order valence-corrected chi connectivity index (χ0v) is 21.8. The molecule has 11 heteroatoms. The molecule has 0 saturated carbocycles. The lowest BCUT2D eigenvalue weighted by Crippen LogP contribution is -2.09. The maximum absolute atomic E-state index is 14.7. The standard InChI is InChI=1S/C27H24F4N4O2S/c1-15(20-10-7-18(11-21(20)28)27(29,30)31)22-12-23(35-26(34-22)38-4)24-13-25(33-16(2)32-24)37-14-17-5-8-19(36-3)9-6-17/h5-13,15H,14H2,1-4H3. The van der Waals surface area contributed by atoms with E-state index in [1.54, 1.807) is 39.3 Å². The van der Waals surface area contributed by atoms with Gasteiger partial charge in [-0.3, -0.25) is 0 Å². The zero-order valence-electron chi connectivity index (χ0n) is 21.0. The Morgan fingerprint density at radius 3 is 2.26 bits per heavy atom. The summed E-state index contributed by atoms with van der Waals surface area (Å²) in [6.45, 7) is 3.67. The first-order valence-electron chi connectivity index (χ1n) is 11.5. The topological polar surface area (TPSA) is 70.0 Å². The summed E-state index contributed by atoms with van der Waals surface area (Å²) in [7, 11) is 1.60. The highest BCUT2D eigenvalue weighted by atomic mass is 32.2. The molecule has 0 aliphatic heterocycles. The molecule has 2 aromatic carbocycles. The van der Waals surface area contributed by atoms with Crippen LogP contribution in [0.25, 0.3) is 11.4 Å². The smallest absolute Gasteiger partial charge is 0.416 e. The first-order valence-corrected chi connectivity index (χ1v) is 12.7. The number of hydrogen-bond acceptors (Lipinski definition) is 7. The Hall–Kier alpha value is -3.73. The molecule has 0 saturated heterocycles. The van der Waals surface area contributed by atoms with E-state index >= 15 is 0 Å². The molecule has 0 amide bonds. The summed E-state index contributed by atoms with van der Waals surface area (Å²) in [6, 6.07) is 13.3. The third kappa shape index (κ3) is 6.39. The number of benzene rings is 2. The highest BCUT2D eigenvalue weighted by Gasteiger charge is 2.31. The van der Waals surface area contributed by atoms with E-state index in [1.165, 1.54) is 11.8 Å². The lowest BCUT2D eigenvalue weighted by atomic mass is 9.95. The Morgan fingerprint density at radius 2 is 1.63 bits per heavy atom. The molecule has 4 rings (SSSR count). The summed E-state index contributed by atoms with van der Waals surface area (Å²) in [5.41, 5.74) is 1.34. The fourth-order valence-corrected chi connectivity index (χ4v) is 4.11. The second-order valence-corrected chi connectivity index (χ2v) is 9.17. The zero-order chi connectivity index (χ0) is 27.4. The van der Waals surface area contributed by atoms with E-state index in [-0.39, 0.29) is 12.2 Å². The summed E-state index contributed by atoms with van der Waals surface area (Å²) in [5.74, 6) is -0.0524. The van der Waals surface area contributed by atoms with Gasteiger partial charge in [0.15, 0.2) is 5.16 Å². The Morgan fingerprint density at radius 1 is 0.921 bits per heavy atom. The first-order chi connectivity index (χ1) is 18.1. The summed E-state index contributed by atoms with van der Waals surface area (Å²) in [6.07, 6.45) is -2.84. The Kier molecular flexibility index (Phi) is 8.15. The van der Waals surface area contributed by atoms with Crippen molar-refractivity contribution < 1.29 is 27.0 Å². The fraction of sp³-hybridized carbons (Fsp3) is 0.259. The van der Waals surface area contributed by atoms with Crippen LogP contribution in [0.2, 0.25) is 0 Å². The average Bonchev–Trinajstić information content (AvgIpc) is 2.90. The molecule has 0 aliphatic carbocycles. The summed E-state index contributed by atoms with van der Waals surface area (Å²) < 4.78 is 64.7. The molecule has 1 atom stereocenters. The van der Waals surface area contributed by atoms with Gasteiger partial charge in [0, 0.05) is 12.0 Å². The van der Waals surface area contributed by atoms with Crippen LogP contribution >= 0.6 is 11.8 Å². The predicted octanol–water partition coefficient (Wildman–Crippen LogP) is 6.86. The van der Waals surface area contributed by atoms with Crippen molar-refractivity contribution in [2.24, 2.45) is 0 Å². The van der Waals surface area contributed by atoms with Crippen molar-refractivity contribution in [3.05, 3.63) is 88.6 Å². The molecule has 2 aromatic heterocycles. The molecule has 38 heavy (non-hydrogen) atoms. The van der Waals surface area contributed by atoms with Crippen LogP contribution in [0, 0.1) is 12.7 Å². The minimum atomic E-state index is -4.63. The monoisotopic (exact) mass is 544 g/mol. The van der Waals surface area contributed by atoms with Crippen LogP contribution in [-0.2, 0) is 12.8 Å². The average molecular weight is 545 g/mol. The maximum atomic E-state index is 14.7. The van der Waals surface area contributed by atoms with Crippen LogP contribution in [0.15, 0.2) is 59.8 Å². The second-order valence-electron chi connectivity index (χ2n) is 8.40. The molecule has 4 aromatic rings. The van der Waals surface area contributed by atoms with E-state index in [4.69, 9.17) is 9.47 Å². The van der Waals surface area contributed by atoms with E-state index < -0.39 is 23.5 Å². The van der Waals surface area contributed by atoms with Crippen LogP contribution in [0.5, 0.6) is 11.6 Å². The summed E-state index contributed by atoms with van der Waals surface area (Å²) >= 11 is 1.28. The molecular formula is C27H24F4N4O2S.